The fourth-order valence-electron chi connectivity index (χ4n) is 3.15. The number of nitrogens with zero attached hydrogens (tertiary/aromatic N) is 2. The van der Waals surface area contributed by atoms with Crippen LogP contribution in [-0.4, -0.2) is 29.7 Å². The second-order valence-corrected chi connectivity index (χ2v) is 7.54. The predicted octanol–water partition coefficient (Wildman–Crippen LogP) is 3.72. The van der Waals surface area contributed by atoms with E-state index in [4.69, 9.17) is 4.74 Å². The zero-order valence-electron chi connectivity index (χ0n) is 13.2. The highest BCUT2D eigenvalue weighted by Crippen LogP contribution is 2.39. The summed E-state index contributed by atoms with van der Waals surface area (Å²) in [6.45, 7) is 4.70. The molecule has 1 saturated carbocycles. The summed E-state index contributed by atoms with van der Waals surface area (Å²) in [5, 5.41) is 4.80. The summed E-state index contributed by atoms with van der Waals surface area (Å²) in [4.78, 5) is 12.0. The van der Waals surface area contributed by atoms with Crippen molar-refractivity contribution in [3.8, 4) is 0 Å². The van der Waals surface area contributed by atoms with E-state index in [0.717, 1.165) is 48.6 Å². The van der Waals surface area contributed by atoms with Gasteiger partial charge in [-0.05, 0) is 56.9 Å². The summed E-state index contributed by atoms with van der Waals surface area (Å²) in [5.74, 6) is 2.74. The van der Waals surface area contributed by atoms with Crippen molar-refractivity contribution in [1.29, 1.82) is 0 Å². The molecule has 1 N–H and O–H groups in total. The molecule has 0 aliphatic heterocycles. The third-order valence-corrected chi connectivity index (χ3v) is 5.67. The molecule has 118 valence electrons. The molecule has 2 heterocycles. The fourth-order valence-corrected chi connectivity index (χ4v) is 4.45. The highest BCUT2D eigenvalue weighted by atomic mass is 32.1. The van der Waals surface area contributed by atoms with Crippen LogP contribution in [0.2, 0.25) is 0 Å². The third-order valence-electron chi connectivity index (χ3n) is 4.48. The zero-order chi connectivity index (χ0) is 14.9. The molecule has 2 aliphatic carbocycles. The lowest BCUT2D eigenvalue weighted by molar-refractivity contribution is 0.124. The molecule has 0 atom stereocenters. The average Bonchev–Trinajstić information content (AvgIpc) is 3.09. The van der Waals surface area contributed by atoms with Gasteiger partial charge in [-0.3, -0.25) is 0 Å². The van der Waals surface area contributed by atoms with Crippen molar-refractivity contribution in [2.75, 3.05) is 25.1 Å². The minimum Gasteiger partial charge on any atom is -0.381 e. The Morgan fingerprint density at radius 3 is 3.05 bits per heavy atom. The van der Waals surface area contributed by atoms with E-state index in [9.17, 15) is 0 Å². The largest absolute Gasteiger partial charge is 0.381 e. The van der Waals surface area contributed by atoms with E-state index >= 15 is 0 Å². The molecule has 22 heavy (non-hydrogen) atoms. The van der Waals surface area contributed by atoms with E-state index in [-0.39, 0.29) is 0 Å². The standard InChI is InChI=1S/C17H23N3OS/c1-11-19-16(18-8-3-9-21-10-12-6-7-12)15-13-4-2-5-14(13)22-17(15)20-11/h12H,2-10H2,1H3,(H,18,19,20). The van der Waals surface area contributed by atoms with Crippen LogP contribution in [0, 0.1) is 12.8 Å². The molecule has 0 amide bonds. The van der Waals surface area contributed by atoms with E-state index in [1.165, 1.54) is 47.9 Å². The molecular formula is C17H23N3OS. The summed E-state index contributed by atoms with van der Waals surface area (Å²) >= 11 is 1.86. The van der Waals surface area contributed by atoms with Gasteiger partial charge >= 0.3 is 0 Å². The second kappa shape index (κ2) is 6.13. The van der Waals surface area contributed by atoms with Crippen LogP contribution in [0.1, 0.15) is 41.9 Å². The number of fused-ring (bicyclic) bond motifs is 3. The lowest BCUT2D eigenvalue weighted by Crippen LogP contribution is -2.09. The molecule has 0 bridgehead atoms. The number of hydrogen-bond donors (Lipinski definition) is 1. The van der Waals surface area contributed by atoms with Crippen molar-refractivity contribution in [2.45, 2.75) is 45.4 Å². The maximum atomic E-state index is 5.70. The lowest BCUT2D eigenvalue weighted by atomic mass is 10.2. The summed E-state index contributed by atoms with van der Waals surface area (Å²) in [6.07, 6.45) is 7.42. The third kappa shape index (κ3) is 2.97. The smallest absolute Gasteiger partial charge is 0.138 e. The molecular weight excluding hydrogens is 294 g/mol. The minimum absolute atomic E-state index is 0.846. The van der Waals surface area contributed by atoms with E-state index in [2.05, 4.69) is 15.3 Å². The second-order valence-electron chi connectivity index (χ2n) is 6.46. The quantitative estimate of drug-likeness (QED) is 0.791. The van der Waals surface area contributed by atoms with Gasteiger partial charge in [0.15, 0.2) is 0 Å². The Labute approximate surface area is 135 Å². The first-order valence-electron chi connectivity index (χ1n) is 8.42. The van der Waals surface area contributed by atoms with Crippen molar-refractivity contribution in [1.82, 2.24) is 9.97 Å². The Hall–Kier alpha value is -1.20. The fraction of sp³-hybridized carbons (Fsp3) is 0.647. The molecule has 0 aromatic carbocycles. The van der Waals surface area contributed by atoms with E-state index in [1.807, 2.05) is 18.3 Å². The average molecular weight is 317 g/mol. The van der Waals surface area contributed by atoms with Gasteiger partial charge in [-0.2, -0.15) is 0 Å². The van der Waals surface area contributed by atoms with Crippen molar-refractivity contribution in [3.63, 3.8) is 0 Å². The molecule has 0 spiro atoms. The topological polar surface area (TPSA) is 47.0 Å². The van der Waals surface area contributed by atoms with E-state index < -0.39 is 0 Å². The van der Waals surface area contributed by atoms with Gasteiger partial charge in [-0.1, -0.05) is 0 Å². The summed E-state index contributed by atoms with van der Waals surface area (Å²) in [5.41, 5.74) is 1.49. The van der Waals surface area contributed by atoms with E-state index in [1.54, 1.807) is 0 Å². The molecule has 5 heteroatoms. The monoisotopic (exact) mass is 317 g/mol. The molecule has 2 aliphatic rings. The van der Waals surface area contributed by atoms with Crippen molar-refractivity contribution < 1.29 is 4.74 Å². The number of anilines is 1. The number of aromatic nitrogens is 2. The van der Waals surface area contributed by atoms with Crippen molar-refractivity contribution in [3.05, 3.63) is 16.3 Å². The maximum absolute atomic E-state index is 5.70. The highest BCUT2D eigenvalue weighted by Gasteiger charge is 2.22. The lowest BCUT2D eigenvalue weighted by Gasteiger charge is -2.09. The Bertz CT molecular complexity index is 678. The van der Waals surface area contributed by atoms with Gasteiger partial charge in [0.05, 0.1) is 5.39 Å². The summed E-state index contributed by atoms with van der Waals surface area (Å²) < 4.78 is 5.70. The number of hydrogen-bond acceptors (Lipinski definition) is 5. The van der Waals surface area contributed by atoms with E-state index in [0.29, 0.717) is 0 Å². The SMILES string of the molecule is Cc1nc(NCCCOCC2CC2)c2c3c(sc2n1)CCC3. The molecule has 2 aromatic heterocycles. The first kappa shape index (κ1) is 14.4. The van der Waals surface area contributed by atoms with Crippen molar-refractivity contribution >= 4 is 27.4 Å². The van der Waals surface area contributed by atoms with Crippen molar-refractivity contribution in [2.24, 2.45) is 5.92 Å². The predicted molar refractivity (Wildman–Crippen MR) is 90.8 cm³/mol. The molecule has 4 nitrogen and oxygen atoms in total. The first-order valence-corrected chi connectivity index (χ1v) is 9.23. The highest BCUT2D eigenvalue weighted by molar-refractivity contribution is 7.19. The van der Waals surface area contributed by atoms with Gasteiger partial charge in [-0.15, -0.1) is 11.3 Å². The summed E-state index contributed by atoms with van der Waals surface area (Å²) in [6, 6.07) is 0. The normalized spacial score (nSPS) is 17.1. The van der Waals surface area contributed by atoms with Crippen LogP contribution in [0.4, 0.5) is 5.82 Å². The Morgan fingerprint density at radius 1 is 1.27 bits per heavy atom. The molecule has 0 saturated heterocycles. The number of ether oxygens (including phenoxy) is 1. The van der Waals surface area contributed by atoms with Gasteiger partial charge in [0, 0.05) is 24.6 Å². The zero-order valence-corrected chi connectivity index (χ0v) is 14.0. The number of rotatable bonds is 7. The minimum atomic E-state index is 0.846. The van der Waals surface area contributed by atoms with Crippen LogP contribution < -0.4 is 5.32 Å². The van der Waals surface area contributed by atoms with Gasteiger partial charge in [0.2, 0.25) is 0 Å². The van der Waals surface area contributed by atoms with Crippen LogP contribution in [0.25, 0.3) is 10.2 Å². The molecule has 0 radical (unpaired) electrons. The van der Waals surface area contributed by atoms with Gasteiger partial charge in [-0.25, -0.2) is 9.97 Å². The number of thiophene rings is 1. The van der Waals surface area contributed by atoms with Crippen LogP contribution in [0.5, 0.6) is 0 Å². The van der Waals surface area contributed by atoms with Crippen LogP contribution in [0.3, 0.4) is 0 Å². The first-order chi connectivity index (χ1) is 10.8. The van der Waals surface area contributed by atoms with Gasteiger partial charge in [0.1, 0.15) is 16.5 Å². The Kier molecular flexibility index (Phi) is 4.01. The summed E-state index contributed by atoms with van der Waals surface area (Å²) in [7, 11) is 0. The maximum Gasteiger partial charge on any atom is 0.138 e. The number of nitrogens with one attached hydrogen (secondary N) is 1. The molecule has 4 rings (SSSR count). The molecule has 1 fully saturated rings. The van der Waals surface area contributed by atoms with Gasteiger partial charge in [0.25, 0.3) is 0 Å². The van der Waals surface area contributed by atoms with Crippen LogP contribution in [0.15, 0.2) is 0 Å². The van der Waals surface area contributed by atoms with Gasteiger partial charge < -0.3 is 10.1 Å². The van der Waals surface area contributed by atoms with Crippen LogP contribution in [-0.2, 0) is 17.6 Å². The molecule has 2 aromatic rings. The molecule has 0 unspecified atom stereocenters. The van der Waals surface area contributed by atoms with Crippen LogP contribution >= 0.6 is 11.3 Å². The Morgan fingerprint density at radius 2 is 2.18 bits per heavy atom. The Balaban J connectivity index is 1.41. The number of aryl methyl sites for hydroxylation is 3.